The van der Waals surface area contributed by atoms with Gasteiger partial charge in [0.05, 0.1) is 6.61 Å². The average Bonchev–Trinajstić information content (AvgIpc) is 3.19. The van der Waals surface area contributed by atoms with E-state index in [1.54, 1.807) is 30.8 Å². The number of nitrogens with zero attached hydrogens (tertiary/aromatic N) is 2. The number of ether oxygens (including phenoxy) is 1. The van der Waals surface area contributed by atoms with Crippen molar-refractivity contribution in [2.24, 2.45) is 0 Å². The molecule has 1 atom stereocenters. The first-order valence-corrected chi connectivity index (χ1v) is 10.3. The molecule has 1 heterocycles. The maximum Gasteiger partial charge on any atom is 0.407 e. The van der Waals surface area contributed by atoms with Gasteiger partial charge < -0.3 is 14.6 Å². The molecule has 0 aliphatic carbocycles. The van der Waals surface area contributed by atoms with Crippen molar-refractivity contribution in [3.63, 3.8) is 0 Å². The number of carbonyl (C=O) groups is 1. The minimum absolute atomic E-state index is 0.287. The molecular formula is C20H20ClN3O3S. The van der Waals surface area contributed by atoms with Crippen LogP contribution in [0.25, 0.3) is 11.4 Å². The molecule has 146 valence electrons. The molecule has 1 aromatic heterocycles. The lowest BCUT2D eigenvalue weighted by molar-refractivity contribution is 0.147. The molecule has 0 saturated carbocycles. The van der Waals surface area contributed by atoms with Crippen molar-refractivity contribution in [2.45, 2.75) is 18.7 Å². The monoisotopic (exact) mass is 417 g/mol. The third-order valence-corrected chi connectivity index (χ3v) is 5.16. The quantitative estimate of drug-likeness (QED) is 0.548. The van der Waals surface area contributed by atoms with Crippen LogP contribution in [0.1, 0.15) is 24.4 Å². The van der Waals surface area contributed by atoms with E-state index in [1.807, 2.05) is 30.3 Å². The Bertz CT molecular complexity index is 887. The number of amides is 1. The van der Waals surface area contributed by atoms with Gasteiger partial charge in [0.2, 0.25) is 5.82 Å². The van der Waals surface area contributed by atoms with Gasteiger partial charge >= 0.3 is 6.09 Å². The van der Waals surface area contributed by atoms with Crippen LogP contribution in [-0.2, 0) is 10.5 Å². The number of alkyl carbamates (subject to hydrolysis) is 1. The third-order valence-electron chi connectivity index (χ3n) is 3.81. The van der Waals surface area contributed by atoms with Crippen molar-refractivity contribution in [2.75, 3.05) is 12.4 Å². The molecule has 3 rings (SSSR count). The lowest BCUT2D eigenvalue weighted by Gasteiger charge is -2.14. The molecule has 3 aromatic rings. The Labute approximate surface area is 172 Å². The molecule has 0 radical (unpaired) electrons. The highest BCUT2D eigenvalue weighted by atomic mass is 35.5. The predicted octanol–water partition coefficient (Wildman–Crippen LogP) is 5.11. The van der Waals surface area contributed by atoms with Crippen molar-refractivity contribution in [1.29, 1.82) is 0 Å². The topological polar surface area (TPSA) is 77.2 Å². The number of hydrogen-bond acceptors (Lipinski definition) is 6. The molecule has 1 N–H and O–H groups in total. The summed E-state index contributed by atoms with van der Waals surface area (Å²) in [6.07, 6.45) is -0.515. The van der Waals surface area contributed by atoms with E-state index in [0.717, 1.165) is 11.3 Å². The van der Waals surface area contributed by atoms with E-state index >= 15 is 0 Å². The van der Waals surface area contributed by atoms with Crippen molar-refractivity contribution >= 4 is 29.5 Å². The smallest absolute Gasteiger partial charge is 0.407 e. The summed E-state index contributed by atoms with van der Waals surface area (Å²) in [5.74, 6) is 2.14. The molecule has 0 saturated heterocycles. The Balaban J connectivity index is 1.70. The van der Waals surface area contributed by atoms with Gasteiger partial charge in [-0.3, -0.25) is 0 Å². The van der Waals surface area contributed by atoms with Crippen LogP contribution in [0.15, 0.2) is 59.1 Å². The SMILES string of the molecule is CCOC(=O)N[C@@H](CSCc1ccccc1)c1nc(-c2ccc(Cl)cc2)no1. The Morgan fingerprint density at radius 2 is 1.96 bits per heavy atom. The molecule has 2 aromatic carbocycles. The Morgan fingerprint density at radius 3 is 2.68 bits per heavy atom. The van der Waals surface area contributed by atoms with Gasteiger partial charge in [-0.1, -0.05) is 47.1 Å². The van der Waals surface area contributed by atoms with Crippen LogP contribution in [-0.4, -0.2) is 28.6 Å². The molecule has 0 bridgehead atoms. The summed E-state index contributed by atoms with van der Waals surface area (Å²) in [5.41, 5.74) is 1.99. The normalized spacial score (nSPS) is 11.8. The minimum Gasteiger partial charge on any atom is -0.450 e. The largest absolute Gasteiger partial charge is 0.450 e. The third kappa shape index (κ3) is 5.74. The fourth-order valence-corrected chi connectivity index (χ4v) is 3.59. The molecule has 1 amide bonds. The summed E-state index contributed by atoms with van der Waals surface area (Å²) in [6.45, 7) is 2.04. The highest BCUT2D eigenvalue weighted by Crippen LogP contribution is 2.24. The van der Waals surface area contributed by atoms with E-state index in [4.69, 9.17) is 20.9 Å². The first kappa shape index (κ1) is 20.2. The van der Waals surface area contributed by atoms with Crippen LogP contribution >= 0.6 is 23.4 Å². The van der Waals surface area contributed by atoms with E-state index in [1.165, 1.54) is 5.56 Å². The second-order valence-electron chi connectivity index (χ2n) is 5.88. The minimum atomic E-state index is -0.515. The Morgan fingerprint density at radius 1 is 1.21 bits per heavy atom. The molecule has 28 heavy (non-hydrogen) atoms. The standard InChI is InChI=1S/C20H20ClN3O3S/c1-2-26-20(25)22-17(13-28-12-14-6-4-3-5-7-14)19-23-18(24-27-19)15-8-10-16(21)11-9-15/h3-11,17H,2,12-13H2,1H3,(H,22,25)/t17-/m0/s1. The zero-order chi connectivity index (χ0) is 19.8. The van der Waals surface area contributed by atoms with Crippen LogP contribution in [0.5, 0.6) is 0 Å². The van der Waals surface area contributed by atoms with Gasteiger partial charge in [0.1, 0.15) is 6.04 Å². The second-order valence-corrected chi connectivity index (χ2v) is 7.35. The van der Waals surface area contributed by atoms with E-state index in [0.29, 0.717) is 22.5 Å². The fourth-order valence-electron chi connectivity index (χ4n) is 2.45. The van der Waals surface area contributed by atoms with Crippen molar-refractivity contribution < 1.29 is 14.1 Å². The lowest BCUT2D eigenvalue weighted by Crippen LogP contribution is -2.31. The number of hydrogen-bond donors (Lipinski definition) is 1. The number of carbonyl (C=O) groups excluding carboxylic acids is 1. The highest BCUT2D eigenvalue weighted by Gasteiger charge is 2.22. The summed E-state index contributed by atoms with van der Waals surface area (Å²) < 4.78 is 10.4. The first-order chi connectivity index (χ1) is 13.7. The number of rotatable bonds is 8. The summed E-state index contributed by atoms with van der Waals surface area (Å²) in [6, 6.07) is 16.8. The molecule has 0 fully saturated rings. The summed E-state index contributed by atoms with van der Waals surface area (Å²) in [7, 11) is 0. The van der Waals surface area contributed by atoms with E-state index in [9.17, 15) is 4.79 Å². The zero-order valence-corrected chi connectivity index (χ0v) is 16.9. The second kappa shape index (κ2) is 10.1. The molecule has 0 unspecified atom stereocenters. The Kier molecular flexibility index (Phi) is 7.33. The van der Waals surface area contributed by atoms with Gasteiger partial charge in [0.15, 0.2) is 0 Å². The molecule has 8 heteroatoms. The summed E-state index contributed by atoms with van der Waals surface area (Å²) >= 11 is 7.58. The predicted molar refractivity (Wildman–Crippen MR) is 110 cm³/mol. The maximum absolute atomic E-state index is 11.9. The molecule has 0 aliphatic rings. The van der Waals surface area contributed by atoms with Gasteiger partial charge in [0, 0.05) is 22.1 Å². The van der Waals surface area contributed by atoms with Gasteiger partial charge in [-0.05, 0) is 36.8 Å². The van der Waals surface area contributed by atoms with Gasteiger partial charge in [0.25, 0.3) is 5.89 Å². The fraction of sp³-hybridized carbons (Fsp3) is 0.250. The highest BCUT2D eigenvalue weighted by molar-refractivity contribution is 7.98. The number of thioether (sulfide) groups is 1. The van der Waals surface area contributed by atoms with Crippen molar-refractivity contribution in [3.05, 3.63) is 71.1 Å². The van der Waals surface area contributed by atoms with Crippen molar-refractivity contribution in [3.8, 4) is 11.4 Å². The number of halogens is 1. The van der Waals surface area contributed by atoms with E-state index in [2.05, 4.69) is 27.6 Å². The van der Waals surface area contributed by atoms with Crippen molar-refractivity contribution in [1.82, 2.24) is 15.5 Å². The number of aromatic nitrogens is 2. The Hall–Kier alpha value is -2.51. The molecule has 0 aliphatic heterocycles. The van der Waals surface area contributed by atoms with Crippen LogP contribution in [0.4, 0.5) is 4.79 Å². The van der Waals surface area contributed by atoms with Crippen LogP contribution in [0, 0.1) is 0 Å². The number of nitrogens with one attached hydrogen (secondary N) is 1. The molecule has 0 spiro atoms. The first-order valence-electron chi connectivity index (χ1n) is 8.80. The van der Waals surface area contributed by atoms with Gasteiger partial charge in [-0.2, -0.15) is 16.7 Å². The molecular weight excluding hydrogens is 398 g/mol. The zero-order valence-electron chi connectivity index (χ0n) is 15.3. The summed E-state index contributed by atoms with van der Waals surface area (Å²) in [5, 5.41) is 7.45. The van der Waals surface area contributed by atoms with Crippen LogP contribution in [0.2, 0.25) is 5.02 Å². The average molecular weight is 418 g/mol. The summed E-state index contributed by atoms with van der Waals surface area (Å²) in [4.78, 5) is 16.4. The van der Waals surface area contributed by atoms with Gasteiger partial charge in [-0.15, -0.1) is 0 Å². The van der Waals surface area contributed by atoms with Crippen LogP contribution in [0.3, 0.4) is 0 Å². The molecule has 6 nitrogen and oxygen atoms in total. The van der Waals surface area contributed by atoms with Gasteiger partial charge in [-0.25, -0.2) is 4.79 Å². The van der Waals surface area contributed by atoms with E-state index < -0.39 is 12.1 Å². The maximum atomic E-state index is 11.9. The number of benzene rings is 2. The lowest BCUT2D eigenvalue weighted by atomic mass is 10.2. The van der Waals surface area contributed by atoms with Crippen LogP contribution < -0.4 is 5.32 Å². The van der Waals surface area contributed by atoms with E-state index in [-0.39, 0.29) is 6.61 Å².